The minimum absolute atomic E-state index is 0.0357. The maximum atomic E-state index is 13.6. The average Bonchev–Trinajstić information content (AvgIpc) is 2.43. The number of nitrogens with zero attached hydrogens (tertiary/aromatic N) is 1. The summed E-state index contributed by atoms with van der Waals surface area (Å²) in [5.41, 5.74) is 1.12. The smallest absolute Gasteiger partial charge is 0.227 e. The van der Waals surface area contributed by atoms with Crippen molar-refractivity contribution in [3.63, 3.8) is 0 Å². The van der Waals surface area contributed by atoms with Crippen molar-refractivity contribution >= 4 is 17.5 Å². The molecule has 0 atom stereocenters. The van der Waals surface area contributed by atoms with E-state index in [9.17, 15) is 14.0 Å². The molecule has 1 fully saturated rings. The van der Waals surface area contributed by atoms with Crippen molar-refractivity contribution in [1.82, 2.24) is 4.90 Å². The summed E-state index contributed by atoms with van der Waals surface area (Å²) < 4.78 is 13.6. The molecule has 2 rings (SSSR count). The van der Waals surface area contributed by atoms with Gasteiger partial charge in [0.05, 0.1) is 5.69 Å². The van der Waals surface area contributed by atoms with Crippen LogP contribution in [0.5, 0.6) is 0 Å². The number of hydrogen-bond donors (Lipinski definition) is 1. The molecule has 4 nitrogen and oxygen atoms in total. The Balaban J connectivity index is 1.96. The number of carbonyl (C=O) groups is 2. The fourth-order valence-electron chi connectivity index (χ4n) is 2.43. The van der Waals surface area contributed by atoms with Crippen LogP contribution in [-0.4, -0.2) is 29.8 Å². The second-order valence-electron chi connectivity index (χ2n) is 5.25. The van der Waals surface area contributed by atoms with Crippen LogP contribution in [-0.2, 0) is 9.59 Å². The number of hydrogen-bond acceptors (Lipinski definition) is 2. The van der Waals surface area contributed by atoms with Crippen LogP contribution in [0, 0.1) is 18.7 Å². The van der Waals surface area contributed by atoms with Gasteiger partial charge in [0.1, 0.15) is 5.82 Å². The zero-order chi connectivity index (χ0) is 14.7. The topological polar surface area (TPSA) is 49.4 Å². The van der Waals surface area contributed by atoms with Crippen LogP contribution in [0.2, 0.25) is 0 Å². The highest BCUT2D eigenvalue weighted by molar-refractivity contribution is 5.93. The molecule has 0 radical (unpaired) electrons. The molecule has 0 unspecified atom stereocenters. The Bertz CT molecular complexity index is 523. The molecular weight excluding hydrogens is 259 g/mol. The molecule has 5 heteroatoms. The number of halogens is 1. The highest BCUT2D eigenvalue weighted by Crippen LogP contribution is 2.21. The summed E-state index contributed by atoms with van der Waals surface area (Å²) in [7, 11) is 0. The van der Waals surface area contributed by atoms with Crippen molar-refractivity contribution in [3.8, 4) is 0 Å². The number of piperidine rings is 1. The van der Waals surface area contributed by atoms with Gasteiger partial charge in [-0.05, 0) is 37.5 Å². The van der Waals surface area contributed by atoms with E-state index in [1.165, 1.54) is 13.0 Å². The van der Waals surface area contributed by atoms with E-state index in [0.717, 1.165) is 5.56 Å². The number of amides is 2. The van der Waals surface area contributed by atoms with Gasteiger partial charge in [-0.3, -0.25) is 9.59 Å². The molecule has 1 heterocycles. The van der Waals surface area contributed by atoms with Gasteiger partial charge >= 0.3 is 0 Å². The van der Waals surface area contributed by atoms with Gasteiger partial charge in [0.15, 0.2) is 0 Å². The van der Waals surface area contributed by atoms with Crippen molar-refractivity contribution in [3.05, 3.63) is 29.6 Å². The van der Waals surface area contributed by atoms with Gasteiger partial charge in [-0.1, -0.05) is 6.07 Å². The number of carbonyl (C=O) groups excluding carboxylic acids is 2. The highest BCUT2D eigenvalue weighted by Gasteiger charge is 2.26. The molecule has 0 aliphatic carbocycles. The molecule has 1 saturated heterocycles. The van der Waals surface area contributed by atoms with Crippen LogP contribution < -0.4 is 5.32 Å². The number of rotatable bonds is 2. The van der Waals surface area contributed by atoms with Crippen LogP contribution >= 0.6 is 0 Å². The molecule has 0 aromatic heterocycles. The highest BCUT2D eigenvalue weighted by atomic mass is 19.1. The van der Waals surface area contributed by atoms with Gasteiger partial charge in [0.2, 0.25) is 11.8 Å². The predicted molar refractivity (Wildman–Crippen MR) is 74.7 cm³/mol. The Kier molecular flexibility index (Phi) is 4.37. The van der Waals surface area contributed by atoms with E-state index in [1.807, 2.05) is 6.92 Å². The fraction of sp³-hybridized carbons (Fsp3) is 0.467. The average molecular weight is 278 g/mol. The summed E-state index contributed by atoms with van der Waals surface area (Å²) in [6, 6.07) is 4.64. The van der Waals surface area contributed by atoms with E-state index in [2.05, 4.69) is 5.32 Å². The minimum Gasteiger partial charge on any atom is -0.343 e. The number of benzene rings is 1. The lowest BCUT2D eigenvalue weighted by atomic mass is 9.95. The van der Waals surface area contributed by atoms with Crippen molar-refractivity contribution in [2.75, 3.05) is 18.4 Å². The zero-order valence-corrected chi connectivity index (χ0v) is 11.8. The molecule has 20 heavy (non-hydrogen) atoms. The lowest BCUT2D eigenvalue weighted by molar-refractivity contribution is -0.132. The first kappa shape index (κ1) is 14.5. The van der Waals surface area contributed by atoms with Crippen molar-refractivity contribution in [2.45, 2.75) is 26.7 Å². The van der Waals surface area contributed by atoms with Gasteiger partial charge in [0.25, 0.3) is 0 Å². The van der Waals surface area contributed by atoms with Crippen LogP contribution in [0.3, 0.4) is 0 Å². The second-order valence-corrected chi connectivity index (χ2v) is 5.25. The number of anilines is 1. The number of nitrogens with one attached hydrogen (secondary N) is 1. The third kappa shape index (κ3) is 3.35. The van der Waals surface area contributed by atoms with Crippen LogP contribution in [0.1, 0.15) is 25.3 Å². The first-order valence-corrected chi connectivity index (χ1v) is 6.80. The Morgan fingerprint density at radius 3 is 2.55 bits per heavy atom. The van der Waals surface area contributed by atoms with Gasteiger partial charge in [-0.15, -0.1) is 0 Å². The fourth-order valence-corrected chi connectivity index (χ4v) is 2.43. The van der Waals surface area contributed by atoms with E-state index in [4.69, 9.17) is 0 Å². The standard InChI is InChI=1S/C15H19FN2O2/c1-10-3-4-13(16)14(9-10)17-15(20)12-5-7-18(8-6-12)11(2)19/h3-4,9,12H,5-8H2,1-2H3,(H,17,20). The molecule has 1 aliphatic rings. The Morgan fingerprint density at radius 2 is 1.95 bits per heavy atom. The number of aryl methyl sites for hydroxylation is 1. The van der Waals surface area contributed by atoms with Gasteiger partial charge < -0.3 is 10.2 Å². The molecule has 0 spiro atoms. The molecule has 1 aromatic rings. The monoisotopic (exact) mass is 278 g/mol. The number of likely N-dealkylation sites (tertiary alicyclic amines) is 1. The van der Waals surface area contributed by atoms with Gasteiger partial charge in [-0.25, -0.2) is 4.39 Å². The lowest BCUT2D eigenvalue weighted by Crippen LogP contribution is -2.40. The van der Waals surface area contributed by atoms with Crippen LogP contribution in [0.4, 0.5) is 10.1 Å². The molecular formula is C15H19FN2O2. The van der Waals surface area contributed by atoms with E-state index in [0.29, 0.717) is 25.9 Å². The minimum atomic E-state index is -0.426. The van der Waals surface area contributed by atoms with Crippen molar-refractivity contribution < 1.29 is 14.0 Å². The maximum absolute atomic E-state index is 13.6. The zero-order valence-electron chi connectivity index (χ0n) is 11.8. The summed E-state index contributed by atoms with van der Waals surface area (Å²) >= 11 is 0. The predicted octanol–water partition coefficient (Wildman–Crippen LogP) is 2.33. The molecule has 108 valence electrons. The van der Waals surface area contributed by atoms with E-state index >= 15 is 0 Å². The Morgan fingerprint density at radius 1 is 1.30 bits per heavy atom. The molecule has 2 amide bonds. The lowest BCUT2D eigenvalue weighted by Gasteiger charge is -2.30. The Labute approximate surface area is 118 Å². The van der Waals surface area contributed by atoms with E-state index in [-0.39, 0.29) is 23.4 Å². The van der Waals surface area contributed by atoms with E-state index in [1.54, 1.807) is 17.0 Å². The third-order valence-electron chi connectivity index (χ3n) is 3.69. The third-order valence-corrected chi connectivity index (χ3v) is 3.69. The first-order chi connectivity index (χ1) is 9.47. The van der Waals surface area contributed by atoms with Gasteiger partial charge in [0, 0.05) is 25.9 Å². The molecule has 0 saturated carbocycles. The molecule has 1 N–H and O–H groups in total. The Hall–Kier alpha value is -1.91. The maximum Gasteiger partial charge on any atom is 0.227 e. The van der Waals surface area contributed by atoms with Crippen LogP contribution in [0.15, 0.2) is 18.2 Å². The largest absolute Gasteiger partial charge is 0.343 e. The summed E-state index contributed by atoms with van der Waals surface area (Å²) in [6.07, 6.45) is 1.25. The summed E-state index contributed by atoms with van der Waals surface area (Å²) in [4.78, 5) is 25.1. The molecule has 1 aromatic carbocycles. The summed E-state index contributed by atoms with van der Waals surface area (Å²) in [5.74, 6) is -0.720. The second kappa shape index (κ2) is 6.03. The van der Waals surface area contributed by atoms with Crippen molar-refractivity contribution in [2.24, 2.45) is 5.92 Å². The van der Waals surface area contributed by atoms with Crippen molar-refractivity contribution in [1.29, 1.82) is 0 Å². The summed E-state index contributed by atoms with van der Waals surface area (Å²) in [6.45, 7) is 4.55. The normalized spacial score (nSPS) is 16.1. The quantitative estimate of drug-likeness (QED) is 0.902. The first-order valence-electron chi connectivity index (χ1n) is 6.80. The molecule has 1 aliphatic heterocycles. The van der Waals surface area contributed by atoms with Gasteiger partial charge in [-0.2, -0.15) is 0 Å². The SMILES string of the molecule is CC(=O)N1CCC(C(=O)Nc2cc(C)ccc2F)CC1. The summed E-state index contributed by atoms with van der Waals surface area (Å²) in [5, 5.41) is 2.65. The van der Waals surface area contributed by atoms with Crippen LogP contribution in [0.25, 0.3) is 0 Å². The molecule has 0 bridgehead atoms. The van der Waals surface area contributed by atoms with E-state index < -0.39 is 5.82 Å².